The Kier molecular flexibility index (Phi) is 6.02. The minimum atomic E-state index is -0.330. The van der Waals surface area contributed by atoms with E-state index in [9.17, 15) is 4.79 Å². The summed E-state index contributed by atoms with van der Waals surface area (Å²) < 4.78 is 5.13. The summed E-state index contributed by atoms with van der Waals surface area (Å²) >= 11 is 0. The van der Waals surface area contributed by atoms with Gasteiger partial charge in [-0.25, -0.2) is 9.78 Å². The highest BCUT2D eigenvalue weighted by Crippen LogP contribution is 2.40. The number of nitrogens with one attached hydrogen (secondary N) is 2. The van der Waals surface area contributed by atoms with Gasteiger partial charge in [-0.05, 0) is 30.4 Å². The molecule has 1 aromatic carbocycles. The van der Waals surface area contributed by atoms with Gasteiger partial charge in [0.15, 0.2) is 0 Å². The molecule has 2 atom stereocenters. The molecule has 2 N–H and O–H groups in total. The van der Waals surface area contributed by atoms with Crippen molar-refractivity contribution in [3.63, 3.8) is 0 Å². The lowest BCUT2D eigenvalue weighted by atomic mass is 9.96. The second-order valence-corrected chi connectivity index (χ2v) is 9.33. The van der Waals surface area contributed by atoms with Crippen molar-refractivity contribution in [2.75, 3.05) is 43.4 Å². The Morgan fingerprint density at radius 3 is 2.62 bits per heavy atom. The largest absolute Gasteiger partial charge is 0.444 e. The van der Waals surface area contributed by atoms with E-state index in [0.717, 1.165) is 49.2 Å². The Balaban J connectivity index is 1.28. The first-order chi connectivity index (χ1) is 15.6. The molecule has 0 radical (unpaired) electrons. The number of carbonyl (C=O) groups excluding carboxylic acids is 1. The summed E-state index contributed by atoms with van der Waals surface area (Å²) in [6.45, 7) is 6.85. The van der Waals surface area contributed by atoms with Crippen LogP contribution in [0.2, 0.25) is 0 Å². The van der Waals surface area contributed by atoms with Crippen LogP contribution in [0, 0.1) is 5.92 Å². The standard InChI is InChI=1S/C25H33N5O2/c1-17(28-24-14-22-21(15-27-24)16-32-25(31)29(22)2)19-5-7-20(8-6-19)23(13-18-3-4-18)30-11-9-26-10-12-30/h5-8,14-15,17-18,23,26H,3-4,9-13,16H2,1-2H3,(H,27,28). The van der Waals surface area contributed by atoms with Crippen molar-refractivity contribution < 1.29 is 9.53 Å². The molecule has 1 aromatic heterocycles. The van der Waals surface area contributed by atoms with E-state index in [1.165, 1.54) is 35.3 Å². The molecule has 0 spiro atoms. The molecule has 1 saturated heterocycles. The van der Waals surface area contributed by atoms with E-state index in [0.29, 0.717) is 6.04 Å². The van der Waals surface area contributed by atoms with Crippen molar-refractivity contribution in [1.82, 2.24) is 15.2 Å². The Morgan fingerprint density at radius 1 is 1.19 bits per heavy atom. The molecule has 7 heteroatoms. The van der Waals surface area contributed by atoms with Crippen LogP contribution in [0.15, 0.2) is 36.5 Å². The van der Waals surface area contributed by atoms with Gasteiger partial charge in [0.1, 0.15) is 12.4 Å². The molecule has 1 amide bonds. The predicted octanol–water partition coefficient (Wildman–Crippen LogP) is 4.09. The zero-order valence-corrected chi connectivity index (χ0v) is 19.0. The fourth-order valence-corrected chi connectivity index (χ4v) is 4.78. The van der Waals surface area contributed by atoms with Gasteiger partial charge in [-0.2, -0.15) is 0 Å². The SMILES string of the molecule is CC(Nc1cc2c(cn1)COC(=O)N2C)c1ccc(C(CC2CC2)N2CCNCC2)cc1. The maximum absolute atomic E-state index is 11.8. The van der Waals surface area contributed by atoms with Gasteiger partial charge in [-0.3, -0.25) is 9.80 Å². The normalized spacial score (nSPS) is 20.9. The van der Waals surface area contributed by atoms with E-state index in [4.69, 9.17) is 4.74 Å². The summed E-state index contributed by atoms with van der Waals surface area (Å²) in [4.78, 5) is 20.5. The maximum atomic E-state index is 11.8. The number of benzene rings is 1. The number of pyridine rings is 1. The third-order valence-electron chi connectivity index (χ3n) is 6.98. The van der Waals surface area contributed by atoms with Crippen LogP contribution in [-0.2, 0) is 11.3 Å². The fraction of sp³-hybridized carbons (Fsp3) is 0.520. The van der Waals surface area contributed by atoms with E-state index < -0.39 is 0 Å². The van der Waals surface area contributed by atoms with Gasteiger partial charge in [-0.15, -0.1) is 0 Å². The number of nitrogens with zero attached hydrogens (tertiary/aromatic N) is 3. The molecule has 3 heterocycles. The smallest absolute Gasteiger partial charge is 0.414 e. The Labute approximate surface area is 190 Å². The van der Waals surface area contributed by atoms with Gasteiger partial charge < -0.3 is 15.4 Å². The van der Waals surface area contributed by atoms with E-state index >= 15 is 0 Å². The summed E-state index contributed by atoms with van der Waals surface area (Å²) in [7, 11) is 1.72. The Morgan fingerprint density at radius 2 is 1.91 bits per heavy atom. The first kappa shape index (κ1) is 21.2. The summed E-state index contributed by atoms with van der Waals surface area (Å²) in [6, 6.07) is 11.7. The minimum absolute atomic E-state index is 0.108. The van der Waals surface area contributed by atoms with Crippen molar-refractivity contribution >= 4 is 17.6 Å². The first-order valence-corrected chi connectivity index (χ1v) is 11.8. The van der Waals surface area contributed by atoms with Gasteiger partial charge in [0.05, 0.1) is 5.69 Å². The molecule has 170 valence electrons. The zero-order chi connectivity index (χ0) is 22.1. The van der Waals surface area contributed by atoms with Crippen LogP contribution in [0.3, 0.4) is 0 Å². The number of ether oxygens (including phenoxy) is 1. The molecule has 2 aliphatic heterocycles. The van der Waals surface area contributed by atoms with Crippen molar-refractivity contribution in [2.45, 2.75) is 44.9 Å². The monoisotopic (exact) mass is 435 g/mol. The topological polar surface area (TPSA) is 69.7 Å². The molecule has 5 rings (SSSR count). The van der Waals surface area contributed by atoms with Crippen LogP contribution in [0.1, 0.15) is 55.0 Å². The summed E-state index contributed by atoms with van der Waals surface area (Å²) in [6.07, 6.45) is 5.52. The number of rotatable bonds is 7. The first-order valence-electron chi connectivity index (χ1n) is 11.8. The quantitative estimate of drug-likeness (QED) is 0.683. The molecule has 0 bridgehead atoms. The van der Waals surface area contributed by atoms with E-state index in [-0.39, 0.29) is 18.7 Å². The lowest BCUT2D eigenvalue weighted by molar-refractivity contribution is 0.143. The molecular weight excluding hydrogens is 402 g/mol. The number of piperazine rings is 1. The number of aromatic nitrogens is 1. The molecule has 2 fully saturated rings. The average molecular weight is 436 g/mol. The molecule has 1 saturated carbocycles. The Hall–Kier alpha value is -2.64. The van der Waals surface area contributed by atoms with Gasteiger partial charge in [0, 0.05) is 63.1 Å². The number of fused-ring (bicyclic) bond motifs is 1. The van der Waals surface area contributed by atoms with E-state index in [1.54, 1.807) is 13.2 Å². The molecule has 7 nitrogen and oxygen atoms in total. The van der Waals surface area contributed by atoms with Crippen LogP contribution in [0.4, 0.5) is 16.3 Å². The van der Waals surface area contributed by atoms with Crippen molar-refractivity contribution in [2.24, 2.45) is 5.92 Å². The number of hydrogen-bond donors (Lipinski definition) is 2. The Bertz CT molecular complexity index is 953. The number of cyclic esters (lactones) is 1. The zero-order valence-electron chi connectivity index (χ0n) is 19.0. The molecule has 3 aliphatic rings. The van der Waals surface area contributed by atoms with Crippen molar-refractivity contribution in [1.29, 1.82) is 0 Å². The highest BCUT2D eigenvalue weighted by atomic mass is 16.6. The molecule has 2 unspecified atom stereocenters. The third-order valence-corrected chi connectivity index (χ3v) is 6.98. The van der Waals surface area contributed by atoms with Crippen molar-refractivity contribution in [3.05, 3.63) is 53.2 Å². The number of carbonyl (C=O) groups is 1. The molecular formula is C25H33N5O2. The van der Waals surface area contributed by atoms with Gasteiger partial charge >= 0.3 is 6.09 Å². The number of anilines is 2. The van der Waals surface area contributed by atoms with Gasteiger partial charge in [0.25, 0.3) is 0 Å². The lowest BCUT2D eigenvalue weighted by Crippen LogP contribution is -2.45. The lowest BCUT2D eigenvalue weighted by Gasteiger charge is -2.35. The average Bonchev–Trinajstić information content (AvgIpc) is 3.65. The highest BCUT2D eigenvalue weighted by Gasteiger charge is 2.30. The second kappa shape index (κ2) is 9.08. The van der Waals surface area contributed by atoms with Crippen LogP contribution < -0.4 is 15.5 Å². The predicted molar refractivity (Wildman–Crippen MR) is 126 cm³/mol. The van der Waals surface area contributed by atoms with Crippen LogP contribution in [0.25, 0.3) is 0 Å². The van der Waals surface area contributed by atoms with Crippen LogP contribution in [-0.4, -0.2) is 49.2 Å². The third kappa shape index (κ3) is 4.59. The molecule has 1 aliphatic carbocycles. The second-order valence-electron chi connectivity index (χ2n) is 9.33. The van der Waals surface area contributed by atoms with E-state index in [2.05, 4.69) is 51.7 Å². The van der Waals surface area contributed by atoms with Gasteiger partial charge in [-0.1, -0.05) is 37.1 Å². The number of amides is 1. The number of hydrogen-bond acceptors (Lipinski definition) is 6. The molecule has 32 heavy (non-hydrogen) atoms. The van der Waals surface area contributed by atoms with E-state index in [1.807, 2.05) is 6.07 Å². The molecule has 2 aromatic rings. The highest BCUT2D eigenvalue weighted by molar-refractivity contribution is 5.90. The van der Waals surface area contributed by atoms with Gasteiger partial charge in [0.2, 0.25) is 0 Å². The summed E-state index contributed by atoms with van der Waals surface area (Å²) in [5.41, 5.74) is 4.43. The summed E-state index contributed by atoms with van der Waals surface area (Å²) in [5.74, 6) is 1.66. The summed E-state index contributed by atoms with van der Waals surface area (Å²) in [5, 5.41) is 6.97. The fourth-order valence-electron chi connectivity index (χ4n) is 4.78. The van der Waals surface area contributed by atoms with Crippen molar-refractivity contribution in [3.8, 4) is 0 Å². The maximum Gasteiger partial charge on any atom is 0.414 e. The minimum Gasteiger partial charge on any atom is -0.444 e. The van der Waals surface area contributed by atoms with Crippen LogP contribution >= 0.6 is 0 Å². The van der Waals surface area contributed by atoms with Crippen LogP contribution in [0.5, 0.6) is 0 Å².